The van der Waals surface area contributed by atoms with E-state index >= 15 is 0 Å². The summed E-state index contributed by atoms with van der Waals surface area (Å²) in [7, 11) is 0. The number of fused-ring (bicyclic) bond motifs is 1. The molecule has 0 saturated carbocycles. The van der Waals surface area contributed by atoms with E-state index in [1.807, 2.05) is 70.3 Å². The summed E-state index contributed by atoms with van der Waals surface area (Å²) in [6.07, 6.45) is 1.46. The Bertz CT molecular complexity index is 856. The van der Waals surface area contributed by atoms with Gasteiger partial charge in [0.15, 0.2) is 0 Å². The van der Waals surface area contributed by atoms with E-state index in [-0.39, 0.29) is 19.4 Å². The molecule has 131 valence electrons. The minimum atomic E-state index is -0.393. The van der Waals surface area contributed by atoms with Gasteiger partial charge in [-0.3, -0.25) is 9.59 Å². The number of aromatic nitrogens is 1. The van der Waals surface area contributed by atoms with Crippen molar-refractivity contribution in [2.75, 3.05) is 5.32 Å². The lowest BCUT2D eigenvalue weighted by atomic mass is 10.2. The molecule has 0 spiro atoms. The summed E-state index contributed by atoms with van der Waals surface area (Å²) in [5.74, 6) is -0.393. The zero-order valence-corrected chi connectivity index (χ0v) is 16.2. The molecular weight excluding hydrogens is 331 g/mol. The maximum Gasteiger partial charge on any atom is 0.261 e. The van der Waals surface area contributed by atoms with Crippen molar-refractivity contribution in [3.05, 3.63) is 63.3 Å². The molecule has 2 aromatic heterocycles. The normalized spacial score (nSPS) is 9.00. The number of H-pyrrole nitrogens is 1. The van der Waals surface area contributed by atoms with Gasteiger partial charge in [-0.25, -0.2) is 0 Å². The number of carbonyl (C=O) groups is 1. The van der Waals surface area contributed by atoms with Crippen LogP contribution in [0.1, 0.15) is 43.6 Å². The smallest absolute Gasteiger partial charge is 0.261 e. The van der Waals surface area contributed by atoms with Crippen molar-refractivity contribution < 1.29 is 4.79 Å². The quantitative estimate of drug-likeness (QED) is 0.647. The number of para-hydroxylation sites is 1. The molecule has 3 rings (SSSR count). The molecule has 3 radical (unpaired) electrons. The number of carbonyl (C=O) groups excluding carboxylic acids is 1. The Balaban J connectivity index is 0.00000108. The number of aryl methyl sites for hydroxylation is 1. The highest BCUT2D eigenvalue weighted by Crippen LogP contribution is 2.17. The third-order valence-corrected chi connectivity index (χ3v) is 4.04. The summed E-state index contributed by atoms with van der Waals surface area (Å²) in [5, 5.41) is 4.59. The van der Waals surface area contributed by atoms with Crippen LogP contribution in [0.2, 0.25) is 0 Å². The molecule has 0 fully saturated rings. The fourth-order valence-electron chi connectivity index (χ4n) is 2.01. The Hall–Kier alpha value is -2.34. The second-order valence-corrected chi connectivity index (χ2v) is 5.38. The highest BCUT2D eigenvalue weighted by Gasteiger charge is 2.14. The predicted octanol–water partition coefficient (Wildman–Crippen LogP) is 4.82. The molecule has 0 bridgehead atoms. The van der Waals surface area contributed by atoms with E-state index in [2.05, 4.69) is 10.3 Å². The van der Waals surface area contributed by atoms with Gasteiger partial charge in [-0.15, -0.1) is 11.3 Å². The first kappa shape index (κ1) is 22.7. The van der Waals surface area contributed by atoms with Gasteiger partial charge < -0.3 is 10.3 Å². The Morgan fingerprint density at radius 1 is 1.08 bits per heavy atom. The van der Waals surface area contributed by atoms with Crippen molar-refractivity contribution in [2.45, 2.75) is 34.6 Å². The molecule has 2 N–H and O–H groups in total. The standard InChI is InChI=1S/C15H12N2O2S.2C2H6.B/c1-9-4-2-3-5-11(9)17-15(19)10-8-16-12-6-7-20-14(12)13(10)18;2*1-2;/h2-8H,1H3,(H,16,18)(H,17,19);2*1-2H3;. The number of hydrogen-bond acceptors (Lipinski definition) is 3. The van der Waals surface area contributed by atoms with Gasteiger partial charge in [-0.1, -0.05) is 45.9 Å². The lowest BCUT2D eigenvalue weighted by molar-refractivity contribution is 0.102. The number of nitrogens with one attached hydrogen (secondary N) is 2. The molecule has 0 unspecified atom stereocenters. The Morgan fingerprint density at radius 3 is 2.36 bits per heavy atom. The van der Waals surface area contributed by atoms with E-state index in [1.165, 1.54) is 17.5 Å². The molecule has 25 heavy (non-hydrogen) atoms. The Kier molecular flexibility index (Phi) is 10.2. The van der Waals surface area contributed by atoms with E-state index in [4.69, 9.17) is 0 Å². The lowest BCUT2D eigenvalue weighted by Gasteiger charge is -2.07. The molecule has 0 atom stereocenters. The van der Waals surface area contributed by atoms with Gasteiger partial charge in [0.2, 0.25) is 5.43 Å². The maximum absolute atomic E-state index is 12.2. The van der Waals surface area contributed by atoms with Crippen LogP contribution in [0.5, 0.6) is 0 Å². The van der Waals surface area contributed by atoms with Crippen molar-refractivity contribution in [1.29, 1.82) is 0 Å². The molecule has 1 aromatic carbocycles. The van der Waals surface area contributed by atoms with Crippen LogP contribution in [0.25, 0.3) is 10.2 Å². The molecule has 0 aliphatic rings. The predicted molar refractivity (Wildman–Crippen MR) is 110 cm³/mol. The number of amides is 1. The topological polar surface area (TPSA) is 62.0 Å². The maximum atomic E-state index is 12.2. The van der Waals surface area contributed by atoms with Gasteiger partial charge >= 0.3 is 0 Å². The number of thiophene rings is 1. The highest BCUT2D eigenvalue weighted by molar-refractivity contribution is 7.17. The molecule has 0 aliphatic heterocycles. The van der Waals surface area contributed by atoms with Crippen LogP contribution in [0.4, 0.5) is 5.69 Å². The molecule has 0 aliphatic carbocycles. The SMILES string of the molecule is CC.CC.Cc1ccccc1NC(=O)c1c[nH]c2ccsc2c1=O.[B]. The van der Waals surface area contributed by atoms with Gasteiger partial charge in [-0.2, -0.15) is 0 Å². The highest BCUT2D eigenvalue weighted by atomic mass is 32.1. The molecule has 4 nitrogen and oxygen atoms in total. The summed E-state index contributed by atoms with van der Waals surface area (Å²) in [4.78, 5) is 27.4. The largest absolute Gasteiger partial charge is 0.359 e. The van der Waals surface area contributed by atoms with E-state index in [0.29, 0.717) is 10.4 Å². The number of benzene rings is 1. The molecular formula is C19H24BN2O2S. The zero-order valence-electron chi connectivity index (χ0n) is 15.3. The number of rotatable bonds is 2. The minimum Gasteiger partial charge on any atom is -0.359 e. The van der Waals surface area contributed by atoms with E-state index in [0.717, 1.165) is 11.1 Å². The number of aromatic amines is 1. The number of hydrogen-bond donors (Lipinski definition) is 2. The fourth-order valence-corrected chi connectivity index (χ4v) is 2.82. The summed E-state index contributed by atoms with van der Waals surface area (Å²) in [6.45, 7) is 9.91. The van der Waals surface area contributed by atoms with Gasteiger partial charge in [0.1, 0.15) is 5.56 Å². The van der Waals surface area contributed by atoms with Crippen LogP contribution >= 0.6 is 11.3 Å². The van der Waals surface area contributed by atoms with Crippen molar-refractivity contribution in [2.24, 2.45) is 0 Å². The van der Waals surface area contributed by atoms with Crippen molar-refractivity contribution in [3.8, 4) is 0 Å². The third-order valence-electron chi connectivity index (χ3n) is 3.13. The Morgan fingerprint density at radius 2 is 1.72 bits per heavy atom. The Labute approximate surface area is 154 Å². The zero-order chi connectivity index (χ0) is 18.1. The van der Waals surface area contributed by atoms with E-state index in [9.17, 15) is 9.59 Å². The fraction of sp³-hybridized carbons (Fsp3) is 0.263. The van der Waals surface area contributed by atoms with Crippen molar-refractivity contribution >= 4 is 41.6 Å². The molecule has 3 aromatic rings. The van der Waals surface area contributed by atoms with E-state index < -0.39 is 5.91 Å². The monoisotopic (exact) mass is 355 g/mol. The summed E-state index contributed by atoms with van der Waals surface area (Å²) >= 11 is 1.33. The van der Waals surface area contributed by atoms with Crippen LogP contribution in [-0.4, -0.2) is 19.3 Å². The summed E-state index contributed by atoms with van der Waals surface area (Å²) in [5.41, 5.74) is 2.31. The minimum absolute atomic E-state index is 0. The first-order valence-electron chi connectivity index (χ1n) is 8.12. The molecule has 2 heterocycles. The van der Waals surface area contributed by atoms with Crippen LogP contribution in [0.3, 0.4) is 0 Å². The summed E-state index contributed by atoms with van der Waals surface area (Å²) in [6, 6.07) is 9.28. The average molecular weight is 355 g/mol. The molecule has 1 amide bonds. The van der Waals surface area contributed by atoms with Crippen LogP contribution in [-0.2, 0) is 0 Å². The third kappa shape index (κ3) is 5.33. The van der Waals surface area contributed by atoms with Crippen LogP contribution in [0, 0.1) is 6.92 Å². The molecule has 6 heteroatoms. The van der Waals surface area contributed by atoms with Gasteiger partial charge in [0.05, 0.1) is 10.2 Å². The second-order valence-electron chi connectivity index (χ2n) is 4.46. The lowest BCUT2D eigenvalue weighted by Crippen LogP contribution is -2.21. The second kappa shape index (κ2) is 11.3. The summed E-state index contributed by atoms with van der Waals surface area (Å²) < 4.78 is 0.572. The van der Waals surface area contributed by atoms with Gasteiger partial charge in [-0.05, 0) is 30.0 Å². The average Bonchev–Trinajstić information content (AvgIpc) is 3.10. The van der Waals surface area contributed by atoms with Crippen molar-refractivity contribution in [1.82, 2.24) is 4.98 Å². The molecule has 0 saturated heterocycles. The number of anilines is 1. The first-order chi connectivity index (χ1) is 11.7. The van der Waals surface area contributed by atoms with Crippen molar-refractivity contribution in [3.63, 3.8) is 0 Å². The van der Waals surface area contributed by atoms with Crippen LogP contribution in [0.15, 0.2) is 46.7 Å². The first-order valence-corrected chi connectivity index (χ1v) is 9.00. The van der Waals surface area contributed by atoms with Gasteiger partial charge in [0, 0.05) is 20.3 Å². The van der Waals surface area contributed by atoms with Crippen LogP contribution < -0.4 is 10.7 Å². The number of pyridine rings is 1. The van der Waals surface area contributed by atoms with E-state index in [1.54, 1.807) is 0 Å². The van der Waals surface area contributed by atoms with Gasteiger partial charge in [0.25, 0.3) is 5.91 Å².